The Kier molecular flexibility index (Phi) is 7.11. The van der Waals surface area contributed by atoms with Gasteiger partial charge in [-0.05, 0) is 45.0 Å². The number of nitrogens with one attached hydrogen (secondary N) is 1. The molecular formula is C23H22N4O7S. The fraction of sp³-hybridized carbons (Fsp3) is 0.261. The number of hydrogen-bond donors (Lipinski definition) is 1. The van der Waals surface area contributed by atoms with Crippen molar-refractivity contribution in [3.8, 4) is 28.7 Å². The predicted molar refractivity (Wildman–Crippen MR) is 130 cm³/mol. The van der Waals surface area contributed by atoms with E-state index in [9.17, 15) is 14.9 Å². The maximum Gasteiger partial charge on any atom is 0.322 e. The van der Waals surface area contributed by atoms with E-state index in [0.29, 0.717) is 52.9 Å². The standard InChI is InChI=1S/C23H22N4O7S/c1-4-31-16-10-14(11-17(32-5-2)20(16)33-6-3)22-25-26-23(34-22)24-21(28)19-12-13-9-15(27(29)30)7-8-18(13)35-19/h7-12H,4-6H2,1-3H3,(H,24,26,28). The number of anilines is 1. The van der Waals surface area contributed by atoms with Crippen molar-refractivity contribution < 1.29 is 28.3 Å². The third kappa shape index (κ3) is 5.17. The van der Waals surface area contributed by atoms with Crippen LogP contribution in [0.5, 0.6) is 17.2 Å². The number of hydrogen-bond acceptors (Lipinski definition) is 10. The van der Waals surface area contributed by atoms with Crippen molar-refractivity contribution in [3.63, 3.8) is 0 Å². The van der Waals surface area contributed by atoms with Crippen LogP contribution >= 0.6 is 11.3 Å². The third-order valence-electron chi connectivity index (χ3n) is 4.74. The van der Waals surface area contributed by atoms with Gasteiger partial charge in [0.1, 0.15) is 0 Å². The van der Waals surface area contributed by atoms with E-state index in [1.807, 2.05) is 20.8 Å². The Morgan fingerprint density at radius 3 is 2.34 bits per heavy atom. The Morgan fingerprint density at radius 2 is 1.71 bits per heavy atom. The first-order chi connectivity index (χ1) is 16.9. The summed E-state index contributed by atoms with van der Waals surface area (Å²) in [5.41, 5.74) is 0.486. The molecule has 12 heteroatoms. The van der Waals surface area contributed by atoms with Gasteiger partial charge in [0.15, 0.2) is 11.5 Å². The molecular weight excluding hydrogens is 476 g/mol. The summed E-state index contributed by atoms with van der Waals surface area (Å²) in [6.45, 7) is 6.84. The minimum atomic E-state index is -0.480. The van der Waals surface area contributed by atoms with Crippen LogP contribution in [0.15, 0.2) is 40.8 Å². The number of non-ortho nitro benzene ring substituents is 1. The van der Waals surface area contributed by atoms with Crippen molar-refractivity contribution in [2.75, 3.05) is 25.1 Å². The predicted octanol–water partition coefficient (Wildman–Crippen LogP) is 5.31. The minimum absolute atomic E-state index is 0.0444. The van der Waals surface area contributed by atoms with E-state index in [1.165, 1.54) is 23.5 Å². The number of benzene rings is 2. The molecule has 0 aliphatic heterocycles. The fourth-order valence-corrected chi connectivity index (χ4v) is 4.26. The number of nitro benzene ring substituents is 1. The maximum absolute atomic E-state index is 12.7. The minimum Gasteiger partial charge on any atom is -0.490 e. The number of nitro groups is 1. The number of aromatic nitrogens is 2. The second-order valence-electron chi connectivity index (χ2n) is 7.06. The molecule has 2 aromatic heterocycles. The monoisotopic (exact) mass is 498 g/mol. The van der Waals surface area contributed by atoms with Crippen LogP contribution in [0.1, 0.15) is 30.4 Å². The second-order valence-corrected chi connectivity index (χ2v) is 8.14. The molecule has 1 amide bonds. The summed E-state index contributed by atoms with van der Waals surface area (Å²) in [5, 5.41) is 22.1. The van der Waals surface area contributed by atoms with Crippen LogP contribution in [0, 0.1) is 10.1 Å². The largest absolute Gasteiger partial charge is 0.490 e. The number of carbonyl (C=O) groups is 1. The lowest BCUT2D eigenvalue weighted by molar-refractivity contribution is -0.384. The van der Waals surface area contributed by atoms with Crippen LogP contribution in [0.25, 0.3) is 21.5 Å². The van der Waals surface area contributed by atoms with E-state index in [4.69, 9.17) is 18.6 Å². The van der Waals surface area contributed by atoms with Gasteiger partial charge in [-0.25, -0.2) is 0 Å². The van der Waals surface area contributed by atoms with Crippen LogP contribution in [0.3, 0.4) is 0 Å². The average molecular weight is 499 g/mol. The number of ether oxygens (including phenoxy) is 3. The van der Waals surface area contributed by atoms with E-state index < -0.39 is 10.8 Å². The molecule has 4 aromatic rings. The molecule has 11 nitrogen and oxygen atoms in total. The molecule has 0 saturated heterocycles. The lowest BCUT2D eigenvalue weighted by atomic mass is 10.2. The number of fused-ring (bicyclic) bond motifs is 1. The van der Waals surface area contributed by atoms with Crippen molar-refractivity contribution in [3.05, 3.63) is 51.4 Å². The zero-order valence-electron chi connectivity index (χ0n) is 19.2. The van der Waals surface area contributed by atoms with Crippen LogP contribution in [-0.4, -0.2) is 40.8 Å². The van der Waals surface area contributed by atoms with Crippen molar-refractivity contribution in [2.24, 2.45) is 0 Å². The third-order valence-corrected chi connectivity index (χ3v) is 5.85. The first-order valence-electron chi connectivity index (χ1n) is 10.8. The Balaban J connectivity index is 1.58. The van der Waals surface area contributed by atoms with E-state index in [-0.39, 0.29) is 17.6 Å². The number of thiophene rings is 1. The van der Waals surface area contributed by atoms with Crippen LogP contribution in [0.4, 0.5) is 11.7 Å². The zero-order valence-corrected chi connectivity index (χ0v) is 20.0. The summed E-state index contributed by atoms with van der Waals surface area (Å²) in [6, 6.07) is 9.31. The van der Waals surface area contributed by atoms with Crippen LogP contribution < -0.4 is 19.5 Å². The van der Waals surface area contributed by atoms with Crippen molar-refractivity contribution in [1.29, 1.82) is 0 Å². The number of carbonyl (C=O) groups excluding carboxylic acids is 1. The lowest BCUT2D eigenvalue weighted by Crippen LogP contribution is -2.10. The van der Waals surface area contributed by atoms with E-state index >= 15 is 0 Å². The highest BCUT2D eigenvalue weighted by atomic mass is 32.1. The first kappa shape index (κ1) is 24.0. The maximum atomic E-state index is 12.7. The fourth-order valence-electron chi connectivity index (χ4n) is 3.32. The summed E-state index contributed by atoms with van der Waals surface area (Å²) in [4.78, 5) is 23.6. The molecule has 0 aliphatic rings. The Bertz CT molecular complexity index is 1350. The molecule has 0 bridgehead atoms. The smallest absolute Gasteiger partial charge is 0.322 e. The topological polar surface area (TPSA) is 139 Å². The molecule has 182 valence electrons. The van der Waals surface area contributed by atoms with Gasteiger partial charge in [0.05, 0.1) is 29.6 Å². The molecule has 1 N–H and O–H groups in total. The lowest BCUT2D eigenvalue weighted by Gasteiger charge is -2.16. The highest BCUT2D eigenvalue weighted by molar-refractivity contribution is 7.20. The van der Waals surface area contributed by atoms with E-state index in [1.54, 1.807) is 24.3 Å². The average Bonchev–Trinajstić information content (AvgIpc) is 3.48. The van der Waals surface area contributed by atoms with Crippen LogP contribution in [0.2, 0.25) is 0 Å². The Hall–Kier alpha value is -4.19. The van der Waals surface area contributed by atoms with Crippen LogP contribution in [-0.2, 0) is 0 Å². The molecule has 0 fully saturated rings. The summed E-state index contributed by atoms with van der Waals surface area (Å²) < 4.78 is 23.5. The van der Waals surface area contributed by atoms with Crippen molar-refractivity contribution in [1.82, 2.24) is 10.2 Å². The quantitative estimate of drug-likeness (QED) is 0.228. The summed E-state index contributed by atoms with van der Waals surface area (Å²) in [6.07, 6.45) is 0. The number of nitrogens with zero attached hydrogens (tertiary/aromatic N) is 3. The van der Waals surface area contributed by atoms with Gasteiger partial charge in [-0.2, -0.15) is 0 Å². The molecule has 35 heavy (non-hydrogen) atoms. The number of rotatable bonds is 10. The van der Waals surface area contributed by atoms with Gasteiger partial charge in [0.25, 0.3) is 11.6 Å². The second kappa shape index (κ2) is 10.4. The van der Waals surface area contributed by atoms with Gasteiger partial charge in [-0.1, -0.05) is 5.10 Å². The highest BCUT2D eigenvalue weighted by Crippen LogP contribution is 2.42. The van der Waals surface area contributed by atoms with Gasteiger partial charge >= 0.3 is 6.01 Å². The SMILES string of the molecule is CCOc1cc(-c2nnc(NC(=O)c3cc4cc([N+](=O)[O-])ccc4s3)o2)cc(OCC)c1OCC. The molecule has 4 rings (SSSR count). The molecule has 0 radical (unpaired) electrons. The van der Waals surface area contributed by atoms with Gasteiger partial charge in [-0.3, -0.25) is 20.2 Å². The molecule has 0 atom stereocenters. The van der Waals surface area contributed by atoms with Gasteiger partial charge in [0, 0.05) is 27.8 Å². The number of amides is 1. The van der Waals surface area contributed by atoms with Crippen molar-refractivity contribution >= 4 is 39.0 Å². The van der Waals surface area contributed by atoms with E-state index in [0.717, 1.165) is 4.70 Å². The normalized spacial score (nSPS) is 10.8. The van der Waals surface area contributed by atoms with E-state index in [2.05, 4.69) is 15.5 Å². The molecule has 0 aliphatic carbocycles. The molecule has 0 unspecified atom stereocenters. The summed E-state index contributed by atoms with van der Waals surface area (Å²) in [5.74, 6) is 1.10. The Morgan fingerprint density at radius 1 is 1.03 bits per heavy atom. The van der Waals surface area contributed by atoms with Crippen molar-refractivity contribution in [2.45, 2.75) is 20.8 Å². The Labute approximate surface area is 203 Å². The molecule has 0 spiro atoms. The zero-order chi connectivity index (χ0) is 24.9. The first-order valence-corrected chi connectivity index (χ1v) is 11.6. The van der Waals surface area contributed by atoms with Gasteiger partial charge in [0.2, 0.25) is 11.6 Å². The summed E-state index contributed by atoms with van der Waals surface area (Å²) >= 11 is 1.20. The molecule has 2 aromatic carbocycles. The van der Waals surface area contributed by atoms with Gasteiger partial charge < -0.3 is 18.6 Å². The molecule has 0 saturated carbocycles. The molecule has 2 heterocycles. The van der Waals surface area contributed by atoms with Gasteiger partial charge in [-0.15, -0.1) is 16.4 Å². The summed E-state index contributed by atoms with van der Waals surface area (Å²) in [7, 11) is 0. The highest BCUT2D eigenvalue weighted by Gasteiger charge is 2.20.